The number of rotatable bonds is 4. The Balaban J connectivity index is 1.55. The molecule has 4 rings (SSSR count). The van der Waals surface area contributed by atoms with Crippen molar-refractivity contribution >= 4 is 21.8 Å². The molecule has 1 aromatic carbocycles. The summed E-state index contributed by atoms with van der Waals surface area (Å²) in [7, 11) is -4.19. The van der Waals surface area contributed by atoms with Crippen LogP contribution in [0.3, 0.4) is 0 Å². The van der Waals surface area contributed by atoms with Gasteiger partial charge in [-0.05, 0) is 55.8 Å². The molecule has 0 radical (unpaired) electrons. The molecule has 1 aliphatic carbocycles. The molecule has 0 spiro atoms. The fourth-order valence-electron chi connectivity index (χ4n) is 4.30. The molecule has 0 bridgehead atoms. The van der Waals surface area contributed by atoms with E-state index in [1.807, 2.05) is 0 Å². The van der Waals surface area contributed by atoms with E-state index in [9.17, 15) is 18.3 Å². The quantitative estimate of drug-likeness (QED) is 0.566. The van der Waals surface area contributed by atoms with Crippen molar-refractivity contribution in [3.05, 3.63) is 23.0 Å². The lowest BCUT2D eigenvalue weighted by atomic mass is 9.87. The van der Waals surface area contributed by atoms with E-state index < -0.39 is 39.9 Å². The summed E-state index contributed by atoms with van der Waals surface area (Å²) in [4.78, 5) is 11.5. The molecule has 0 saturated carbocycles. The number of nitrogens with zero attached hydrogens (tertiary/aromatic N) is 1. The molecular formula is C18H25FN4O4S. The molecule has 8 nitrogen and oxygen atoms in total. The van der Waals surface area contributed by atoms with Crippen molar-refractivity contribution in [3.63, 3.8) is 0 Å². The van der Waals surface area contributed by atoms with Gasteiger partial charge in [-0.25, -0.2) is 13.4 Å². The maximum Gasteiger partial charge on any atom is 0.326 e. The zero-order valence-electron chi connectivity index (χ0n) is 15.5. The van der Waals surface area contributed by atoms with Gasteiger partial charge in [-0.2, -0.15) is 8.42 Å². The van der Waals surface area contributed by atoms with Gasteiger partial charge in [0.05, 0.1) is 0 Å². The van der Waals surface area contributed by atoms with E-state index in [-0.39, 0.29) is 6.04 Å². The smallest absolute Gasteiger partial charge is 0.326 e. The van der Waals surface area contributed by atoms with Crippen LogP contribution in [0.1, 0.15) is 36.8 Å². The number of phenolic OH excluding ortho intramolecular Hbond substituents is 1. The second-order valence-corrected chi connectivity index (χ2v) is 9.32. The minimum Gasteiger partial charge on any atom is -0.506 e. The second kappa shape index (κ2) is 7.49. The average molecular weight is 412 g/mol. The summed E-state index contributed by atoms with van der Waals surface area (Å²) in [5, 5.41) is 17.2. The standard InChI is InChI=1S/C18H25FN4O4S/c19-17-14-8-12(21-9-13-3-1-2-6-20-13)5-4-11(14)7-15(24)18(17)23-10-16(25)22-28(23,26)27/h7,12-13,20-21,24H,1-6,8-10H2,(H,22,25). The van der Waals surface area contributed by atoms with Crippen LogP contribution in [0.15, 0.2) is 6.07 Å². The predicted molar refractivity (Wildman–Crippen MR) is 102 cm³/mol. The van der Waals surface area contributed by atoms with Gasteiger partial charge in [0.25, 0.3) is 5.91 Å². The highest BCUT2D eigenvalue weighted by Crippen LogP contribution is 2.39. The molecule has 28 heavy (non-hydrogen) atoms. The molecule has 1 amide bonds. The normalized spacial score (nSPS) is 26.8. The number of aryl methyl sites for hydroxylation is 1. The number of hydrogen-bond donors (Lipinski definition) is 4. The molecule has 2 unspecified atom stereocenters. The van der Waals surface area contributed by atoms with Crippen LogP contribution in [-0.4, -0.2) is 51.1 Å². The first-order chi connectivity index (χ1) is 13.3. The lowest BCUT2D eigenvalue weighted by Gasteiger charge is -2.31. The van der Waals surface area contributed by atoms with E-state index in [0.29, 0.717) is 34.3 Å². The number of hydrogen-bond acceptors (Lipinski definition) is 6. The molecule has 4 N–H and O–H groups in total. The van der Waals surface area contributed by atoms with Crippen molar-refractivity contribution in [3.8, 4) is 5.75 Å². The zero-order valence-corrected chi connectivity index (χ0v) is 16.3. The van der Waals surface area contributed by atoms with Gasteiger partial charge in [0.1, 0.15) is 18.0 Å². The Morgan fingerprint density at radius 1 is 1.32 bits per heavy atom. The summed E-state index contributed by atoms with van der Waals surface area (Å²) in [5.74, 6) is -1.98. The third kappa shape index (κ3) is 3.68. The van der Waals surface area contributed by atoms with Crippen LogP contribution in [0.25, 0.3) is 0 Å². The van der Waals surface area contributed by atoms with Gasteiger partial charge >= 0.3 is 10.2 Å². The summed E-state index contributed by atoms with van der Waals surface area (Å²) in [5.41, 5.74) is 0.637. The predicted octanol–water partition coefficient (Wildman–Crippen LogP) is 0.301. The summed E-state index contributed by atoms with van der Waals surface area (Å²) in [6.07, 6.45) is 5.36. The maximum atomic E-state index is 15.3. The molecule has 2 aliphatic heterocycles. The molecule has 10 heteroatoms. The summed E-state index contributed by atoms with van der Waals surface area (Å²) in [6, 6.07) is 1.92. The third-order valence-corrected chi connectivity index (χ3v) is 7.14. The highest BCUT2D eigenvalue weighted by molar-refractivity contribution is 7.92. The number of carbonyl (C=O) groups is 1. The SMILES string of the molecule is O=C1CN(c2c(O)cc3c(c2F)CC(NCC2CCCCN2)CC3)S(=O)(=O)N1. The Morgan fingerprint density at radius 2 is 2.14 bits per heavy atom. The van der Waals surface area contributed by atoms with Crippen LogP contribution >= 0.6 is 0 Å². The topological polar surface area (TPSA) is 111 Å². The summed E-state index contributed by atoms with van der Waals surface area (Å²) < 4.78 is 41.8. The Morgan fingerprint density at radius 3 is 2.82 bits per heavy atom. The van der Waals surface area contributed by atoms with Crippen molar-refractivity contribution < 1.29 is 22.7 Å². The van der Waals surface area contributed by atoms with Crippen LogP contribution in [0, 0.1) is 5.82 Å². The van der Waals surface area contributed by atoms with Gasteiger partial charge in [0.2, 0.25) is 0 Å². The maximum absolute atomic E-state index is 15.3. The number of phenols is 1. The van der Waals surface area contributed by atoms with Gasteiger partial charge < -0.3 is 15.7 Å². The lowest BCUT2D eigenvalue weighted by Crippen LogP contribution is -2.46. The first kappa shape index (κ1) is 19.4. The highest BCUT2D eigenvalue weighted by Gasteiger charge is 2.39. The number of benzene rings is 1. The monoisotopic (exact) mass is 412 g/mol. The fourth-order valence-corrected chi connectivity index (χ4v) is 5.47. The van der Waals surface area contributed by atoms with Crippen LogP contribution in [0.2, 0.25) is 0 Å². The van der Waals surface area contributed by atoms with Crippen molar-refractivity contribution in [2.75, 3.05) is 23.9 Å². The van der Waals surface area contributed by atoms with Crippen molar-refractivity contribution in [1.29, 1.82) is 0 Å². The Labute approximate surface area is 163 Å². The Bertz CT molecular complexity index is 886. The third-order valence-electron chi connectivity index (χ3n) is 5.76. The minimum absolute atomic E-state index is 0.0815. The summed E-state index contributed by atoms with van der Waals surface area (Å²) in [6.45, 7) is 1.29. The van der Waals surface area contributed by atoms with Crippen LogP contribution in [0.5, 0.6) is 5.75 Å². The molecule has 2 heterocycles. The minimum atomic E-state index is -4.19. The molecule has 3 aliphatic rings. The lowest BCUT2D eigenvalue weighted by molar-refractivity contribution is -0.117. The van der Waals surface area contributed by atoms with Crippen LogP contribution in [-0.2, 0) is 27.8 Å². The number of amides is 1. The van der Waals surface area contributed by atoms with Crippen LogP contribution < -0.4 is 19.7 Å². The molecule has 1 aromatic rings. The van der Waals surface area contributed by atoms with E-state index >= 15 is 4.39 Å². The Kier molecular flexibility index (Phi) is 5.19. The molecule has 2 saturated heterocycles. The number of fused-ring (bicyclic) bond motifs is 1. The molecule has 154 valence electrons. The zero-order chi connectivity index (χ0) is 19.9. The number of halogens is 1. The van der Waals surface area contributed by atoms with Gasteiger partial charge in [0.15, 0.2) is 5.82 Å². The highest BCUT2D eigenvalue weighted by atomic mass is 32.2. The van der Waals surface area contributed by atoms with Gasteiger partial charge in [-0.1, -0.05) is 6.42 Å². The first-order valence-electron chi connectivity index (χ1n) is 9.68. The first-order valence-corrected chi connectivity index (χ1v) is 11.1. The van der Waals surface area contributed by atoms with E-state index in [1.165, 1.54) is 18.9 Å². The Hall–Kier alpha value is -1.91. The number of anilines is 1. The molecule has 0 aromatic heterocycles. The average Bonchev–Trinajstić information content (AvgIpc) is 2.93. The molecular weight excluding hydrogens is 387 g/mol. The van der Waals surface area contributed by atoms with Gasteiger partial charge in [0, 0.05) is 18.6 Å². The van der Waals surface area contributed by atoms with E-state index in [2.05, 4.69) is 10.6 Å². The van der Waals surface area contributed by atoms with Gasteiger partial charge in [-0.15, -0.1) is 0 Å². The van der Waals surface area contributed by atoms with Crippen molar-refractivity contribution in [2.24, 2.45) is 0 Å². The largest absolute Gasteiger partial charge is 0.506 e. The van der Waals surface area contributed by atoms with E-state index in [1.54, 1.807) is 4.72 Å². The summed E-state index contributed by atoms with van der Waals surface area (Å²) >= 11 is 0. The number of nitrogens with one attached hydrogen (secondary N) is 3. The second-order valence-electron chi connectivity index (χ2n) is 7.73. The van der Waals surface area contributed by atoms with Crippen molar-refractivity contribution in [2.45, 2.75) is 50.6 Å². The number of carbonyl (C=O) groups excluding carboxylic acids is 1. The van der Waals surface area contributed by atoms with Crippen molar-refractivity contribution in [1.82, 2.24) is 15.4 Å². The van der Waals surface area contributed by atoms with E-state index in [0.717, 1.165) is 25.9 Å². The fraction of sp³-hybridized carbons (Fsp3) is 0.611. The number of piperidine rings is 1. The van der Waals surface area contributed by atoms with E-state index in [4.69, 9.17) is 0 Å². The number of aromatic hydroxyl groups is 1. The molecule has 2 fully saturated rings. The van der Waals surface area contributed by atoms with Crippen LogP contribution in [0.4, 0.5) is 10.1 Å². The molecule has 2 atom stereocenters. The van der Waals surface area contributed by atoms with Gasteiger partial charge in [-0.3, -0.25) is 4.79 Å².